The van der Waals surface area contributed by atoms with Gasteiger partial charge in [0.1, 0.15) is 28.9 Å². The Morgan fingerprint density at radius 1 is 1.19 bits per heavy atom. The fraction of sp³-hybridized carbons (Fsp3) is 0.469. The van der Waals surface area contributed by atoms with Crippen molar-refractivity contribution in [2.75, 3.05) is 20.7 Å². The molecular formula is C32H44FN5O4. The molecule has 42 heavy (non-hydrogen) atoms. The number of pyridine rings is 1. The van der Waals surface area contributed by atoms with Crippen LogP contribution in [-0.4, -0.2) is 63.6 Å². The molecule has 1 amide bonds. The maximum absolute atomic E-state index is 14.4. The number of amides is 1. The molecule has 1 aromatic carbocycles. The van der Waals surface area contributed by atoms with Gasteiger partial charge in [0.2, 0.25) is 0 Å². The number of rotatable bonds is 10. The maximum Gasteiger partial charge on any atom is 0.410 e. The number of carbonyl (C=O) groups is 1. The van der Waals surface area contributed by atoms with Crippen LogP contribution in [0.3, 0.4) is 0 Å². The van der Waals surface area contributed by atoms with Crippen LogP contribution in [0.15, 0.2) is 54.0 Å². The van der Waals surface area contributed by atoms with Gasteiger partial charge in [0, 0.05) is 49.6 Å². The van der Waals surface area contributed by atoms with E-state index in [-0.39, 0.29) is 18.9 Å². The summed E-state index contributed by atoms with van der Waals surface area (Å²) in [6.07, 6.45) is 2.54. The van der Waals surface area contributed by atoms with Crippen molar-refractivity contribution in [3.63, 3.8) is 0 Å². The summed E-state index contributed by atoms with van der Waals surface area (Å²) in [6.45, 7) is 13.4. The van der Waals surface area contributed by atoms with Gasteiger partial charge in [0.15, 0.2) is 0 Å². The van der Waals surface area contributed by atoms with Gasteiger partial charge < -0.3 is 34.6 Å². The first kappa shape index (κ1) is 32.6. The van der Waals surface area contributed by atoms with E-state index in [4.69, 9.17) is 14.9 Å². The van der Waals surface area contributed by atoms with Crippen LogP contribution < -0.4 is 10.1 Å². The summed E-state index contributed by atoms with van der Waals surface area (Å²) in [4.78, 5) is 18.5. The van der Waals surface area contributed by atoms with Crippen molar-refractivity contribution in [2.24, 2.45) is 5.41 Å². The van der Waals surface area contributed by atoms with E-state index in [9.17, 15) is 14.3 Å². The van der Waals surface area contributed by atoms with Crippen LogP contribution in [0.25, 0.3) is 16.8 Å². The molecule has 0 radical (unpaired) electrons. The van der Waals surface area contributed by atoms with Gasteiger partial charge in [-0.25, -0.2) is 14.2 Å². The molecule has 2 heterocycles. The number of hydrogen-bond acceptors (Lipinski definition) is 7. The molecule has 0 saturated heterocycles. The van der Waals surface area contributed by atoms with Crippen LogP contribution >= 0.6 is 0 Å². The first-order chi connectivity index (χ1) is 19.5. The standard InChI is InChI=1S/C32H44FN5O4/c1-20(35-8)24(28(34)29(39)31(2,3)4)14-15-41-26-16-22(33)11-12-25(26)21-10-13-27-36-17-23(38(27)18-21)19-37(9)30(40)42-32(5,6)7/h10-13,16-18,29,34-35,39H,14-15,19H2,1-9H3/b24-20-,34-28?. The molecule has 1 atom stereocenters. The van der Waals surface area contributed by atoms with E-state index in [0.717, 1.165) is 17.0 Å². The van der Waals surface area contributed by atoms with Crippen LogP contribution in [-0.2, 0) is 11.3 Å². The molecule has 9 nitrogen and oxygen atoms in total. The number of allylic oxidation sites excluding steroid dienone is 1. The molecule has 1 unspecified atom stereocenters. The first-order valence-corrected chi connectivity index (χ1v) is 14.0. The minimum Gasteiger partial charge on any atom is -0.492 e. The lowest BCUT2D eigenvalue weighted by molar-refractivity contribution is 0.0282. The van der Waals surface area contributed by atoms with Gasteiger partial charge in [-0.3, -0.25) is 0 Å². The van der Waals surface area contributed by atoms with Crippen molar-refractivity contribution < 1.29 is 23.8 Å². The molecule has 2 aromatic heterocycles. The van der Waals surface area contributed by atoms with E-state index in [0.29, 0.717) is 29.0 Å². The van der Waals surface area contributed by atoms with Gasteiger partial charge in [-0.15, -0.1) is 0 Å². The third-order valence-corrected chi connectivity index (χ3v) is 6.80. The van der Waals surface area contributed by atoms with E-state index in [1.807, 2.05) is 71.2 Å². The minimum absolute atomic E-state index is 0.131. The second-order valence-electron chi connectivity index (χ2n) is 12.5. The second kappa shape index (κ2) is 12.9. The fourth-order valence-corrected chi connectivity index (χ4v) is 4.34. The second-order valence-corrected chi connectivity index (χ2v) is 12.5. The van der Waals surface area contributed by atoms with E-state index in [2.05, 4.69) is 10.3 Å². The number of ether oxygens (including phenoxy) is 2. The predicted octanol–water partition coefficient (Wildman–Crippen LogP) is 6.20. The predicted molar refractivity (Wildman–Crippen MR) is 163 cm³/mol. The average molecular weight is 582 g/mol. The van der Waals surface area contributed by atoms with Gasteiger partial charge >= 0.3 is 6.09 Å². The Hall–Kier alpha value is -3.92. The lowest BCUT2D eigenvalue weighted by Gasteiger charge is -2.28. The monoisotopic (exact) mass is 581 g/mol. The summed E-state index contributed by atoms with van der Waals surface area (Å²) in [7, 11) is 3.44. The highest BCUT2D eigenvalue weighted by Crippen LogP contribution is 2.32. The number of carbonyl (C=O) groups excluding carboxylic acids is 1. The zero-order chi connectivity index (χ0) is 31.4. The van der Waals surface area contributed by atoms with Gasteiger partial charge in [-0.1, -0.05) is 20.8 Å². The Bertz CT molecular complexity index is 1470. The third-order valence-electron chi connectivity index (χ3n) is 6.80. The van der Waals surface area contributed by atoms with Crippen LogP contribution in [0.1, 0.15) is 60.6 Å². The Balaban J connectivity index is 1.86. The Labute approximate surface area is 247 Å². The Morgan fingerprint density at radius 3 is 2.50 bits per heavy atom. The third kappa shape index (κ3) is 8.09. The van der Waals surface area contributed by atoms with Gasteiger partial charge in [0.05, 0.1) is 30.8 Å². The van der Waals surface area contributed by atoms with Crippen LogP contribution in [0, 0.1) is 16.6 Å². The van der Waals surface area contributed by atoms with Crippen molar-refractivity contribution in [2.45, 2.75) is 73.1 Å². The number of aliphatic hydroxyl groups excluding tert-OH is 1. The summed E-state index contributed by atoms with van der Waals surface area (Å²) in [5.74, 6) is -0.0820. The number of nitrogens with one attached hydrogen (secondary N) is 2. The maximum atomic E-state index is 14.4. The molecule has 10 heteroatoms. The molecule has 3 rings (SSSR count). The topological polar surface area (TPSA) is 112 Å². The molecule has 0 aliphatic carbocycles. The number of nitrogens with zero attached hydrogens (tertiary/aromatic N) is 3. The van der Waals surface area contributed by atoms with Crippen LogP contribution in [0.5, 0.6) is 5.75 Å². The number of fused-ring (bicyclic) bond motifs is 1. The fourth-order valence-electron chi connectivity index (χ4n) is 4.34. The zero-order valence-electron chi connectivity index (χ0n) is 26.1. The summed E-state index contributed by atoms with van der Waals surface area (Å²) >= 11 is 0. The lowest BCUT2D eigenvalue weighted by Crippen LogP contribution is -2.36. The van der Waals surface area contributed by atoms with Crippen molar-refractivity contribution >= 4 is 17.5 Å². The molecule has 3 N–H and O–H groups in total. The number of benzene rings is 1. The summed E-state index contributed by atoms with van der Waals surface area (Å²) < 4.78 is 27.8. The van der Waals surface area contributed by atoms with Crippen molar-refractivity contribution in [3.05, 3.63) is 65.5 Å². The molecule has 0 spiro atoms. The molecule has 0 saturated carbocycles. The largest absolute Gasteiger partial charge is 0.492 e. The number of aromatic nitrogens is 2. The van der Waals surface area contributed by atoms with E-state index >= 15 is 0 Å². The molecule has 0 fully saturated rings. The van der Waals surface area contributed by atoms with Gasteiger partial charge in [0.25, 0.3) is 0 Å². The van der Waals surface area contributed by atoms with Crippen molar-refractivity contribution in [3.8, 4) is 16.9 Å². The Morgan fingerprint density at radius 2 is 1.88 bits per heavy atom. The molecule has 0 bridgehead atoms. The lowest BCUT2D eigenvalue weighted by atomic mass is 9.83. The van der Waals surface area contributed by atoms with E-state index in [1.165, 1.54) is 17.0 Å². The quantitative estimate of drug-likeness (QED) is 0.246. The molecule has 0 aliphatic rings. The highest BCUT2D eigenvalue weighted by atomic mass is 19.1. The minimum atomic E-state index is -0.953. The molecular weight excluding hydrogens is 537 g/mol. The summed E-state index contributed by atoms with van der Waals surface area (Å²) in [5.41, 5.74) is 3.37. The van der Waals surface area contributed by atoms with E-state index in [1.54, 1.807) is 26.4 Å². The van der Waals surface area contributed by atoms with Crippen molar-refractivity contribution in [1.29, 1.82) is 5.41 Å². The van der Waals surface area contributed by atoms with Crippen molar-refractivity contribution in [1.82, 2.24) is 19.6 Å². The normalized spacial score (nSPS) is 13.4. The number of imidazole rings is 1. The highest BCUT2D eigenvalue weighted by molar-refractivity contribution is 6.01. The SMILES string of the molecule is CN/C(C)=C(/CCOc1cc(F)ccc1-c1ccc2ncc(CN(C)C(=O)OC(C)(C)C)n2c1)C(=N)C(O)C(C)(C)C. The van der Waals surface area contributed by atoms with E-state index < -0.39 is 29.0 Å². The number of hydrogen-bond donors (Lipinski definition) is 3. The van der Waals surface area contributed by atoms with Crippen LogP contribution in [0.4, 0.5) is 9.18 Å². The van der Waals surface area contributed by atoms with Gasteiger partial charge in [-0.05, 0) is 62.9 Å². The average Bonchev–Trinajstić information content (AvgIpc) is 3.30. The Kier molecular flexibility index (Phi) is 10.0. The molecule has 228 valence electrons. The molecule has 3 aromatic rings. The summed E-state index contributed by atoms with van der Waals surface area (Å²) in [6, 6.07) is 8.12. The van der Waals surface area contributed by atoms with Crippen LogP contribution in [0.2, 0.25) is 0 Å². The number of aliphatic hydroxyl groups is 1. The smallest absolute Gasteiger partial charge is 0.410 e. The molecule has 0 aliphatic heterocycles. The summed E-state index contributed by atoms with van der Waals surface area (Å²) in [5, 5.41) is 22.4. The zero-order valence-corrected chi connectivity index (χ0v) is 26.1. The first-order valence-electron chi connectivity index (χ1n) is 14.0. The highest BCUT2D eigenvalue weighted by Gasteiger charge is 2.29. The number of halogens is 1. The van der Waals surface area contributed by atoms with Gasteiger partial charge in [-0.2, -0.15) is 0 Å².